The van der Waals surface area contributed by atoms with Crippen molar-refractivity contribution in [1.29, 1.82) is 0 Å². The molecule has 0 saturated heterocycles. The van der Waals surface area contributed by atoms with Crippen LogP contribution in [0.4, 0.5) is 5.00 Å². The van der Waals surface area contributed by atoms with Crippen LogP contribution >= 0.6 is 11.3 Å². The first-order valence-electron chi connectivity index (χ1n) is 9.08. The van der Waals surface area contributed by atoms with Gasteiger partial charge in [0, 0.05) is 11.0 Å². The van der Waals surface area contributed by atoms with Crippen molar-refractivity contribution in [3.05, 3.63) is 58.0 Å². The van der Waals surface area contributed by atoms with Gasteiger partial charge in [-0.2, -0.15) is 0 Å². The van der Waals surface area contributed by atoms with E-state index in [1.165, 1.54) is 17.4 Å². The fraction of sp³-hybridized carbons (Fsp3) is 0.286. The number of benzene rings is 1. The summed E-state index contributed by atoms with van der Waals surface area (Å²) in [5.41, 5.74) is 7.71. The monoisotopic (exact) mass is 398 g/mol. The van der Waals surface area contributed by atoms with Crippen LogP contribution in [0, 0.1) is 5.92 Å². The van der Waals surface area contributed by atoms with Gasteiger partial charge >= 0.3 is 5.97 Å². The minimum Gasteiger partial charge on any atom is -0.452 e. The first-order valence-corrected chi connectivity index (χ1v) is 9.89. The topological polar surface area (TPSA) is 98.5 Å². The highest BCUT2D eigenvalue weighted by Gasteiger charge is 2.27. The molecule has 0 saturated carbocycles. The number of ether oxygens (including phenoxy) is 1. The highest BCUT2D eigenvalue weighted by Crippen LogP contribution is 2.39. The van der Waals surface area contributed by atoms with E-state index in [4.69, 9.17) is 10.5 Å². The van der Waals surface area contributed by atoms with Crippen LogP contribution in [0.25, 0.3) is 6.08 Å². The van der Waals surface area contributed by atoms with E-state index in [0.29, 0.717) is 16.5 Å². The summed E-state index contributed by atoms with van der Waals surface area (Å²) in [6, 6.07) is 9.29. The Balaban J connectivity index is 1.60. The van der Waals surface area contributed by atoms with Gasteiger partial charge in [0.1, 0.15) is 5.00 Å². The van der Waals surface area contributed by atoms with Gasteiger partial charge < -0.3 is 15.8 Å². The molecule has 3 N–H and O–H groups in total. The zero-order valence-electron chi connectivity index (χ0n) is 15.6. The molecule has 3 rings (SSSR count). The van der Waals surface area contributed by atoms with Crippen molar-refractivity contribution in [1.82, 2.24) is 0 Å². The van der Waals surface area contributed by atoms with E-state index < -0.39 is 24.4 Å². The number of carbonyl (C=O) groups excluding carboxylic acids is 3. The number of primary amides is 1. The molecular formula is C21H22N2O4S. The second-order valence-electron chi connectivity index (χ2n) is 6.82. The van der Waals surface area contributed by atoms with Crippen molar-refractivity contribution in [3.63, 3.8) is 0 Å². The van der Waals surface area contributed by atoms with Crippen LogP contribution in [0.5, 0.6) is 0 Å². The molecule has 0 bridgehead atoms. The second-order valence-corrected chi connectivity index (χ2v) is 7.93. The molecule has 0 radical (unpaired) electrons. The van der Waals surface area contributed by atoms with Crippen molar-refractivity contribution in [3.8, 4) is 0 Å². The largest absolute Gasteiger partial charge is 0.452 e. The zero-order valence-corrected chi connectivity index (χ0v) is 16.4. The number of amides is 2. The summed E-state index contributed by atoms with van der Waals surface area (Å²) < 4.78 is 4.97. The number of hydrogen-bond acceptors (Lipinski definition) is 5. The summed E-state index contributed by atoms with van der Waals surface area (Å²) in [6.45, 7) is 1.72. The molecule has 0 unspecified atom stereocenters. The minimum absolute atomic E-state index is 0.385. The molecule has 7 heteroatoms. The van der Waals surface area contributed by atoms with Crippen LogP contribution in [0.2, 0.25) is 0 Å². The van der Waals surface area contributed by atoms with Crippen molar-refractivity contribution in [2.24, 2.45) is 11.7 Å². The lowest BCUT2D eigenvalue weighted by molar-refractivity contribution is -0.142. The number of rotatable bonds is 6. The molecule has 2 amide bonds. The third kappa shape index (κ3) is 4.86. The van der Waals surface area contributed by atoms with E-state index in [1.807, 2.05) is 30.3 Å². The van der Waals surface area contributed by atoms with Crippen LogP contribution in [0.3, 0.4) is 0 Å². The number of thiophene rings is 1. The molecule has 1 aliphatic carbocycles. The van der Waals surface area contributed by atoms with Crippen LogP contribution in [-0.2, 0) is 27.2 Å². The molecule has 6 nitrogen and oxygen atoms in total. The molecule has 28 heavy (non-hydrogen) atoms. The number of hydrogen-bond donors (Lipinski definition) is 2. The Morgan fingerprint density at radius 2 is 2.04 bits per heavy atom. The van der Waals surface area contributed by atoms with Gasteiger partial charge in [0.15, 0.2) is 6.61 Å². The fourth-order valence-corrected chi connectivity index (χ4v) is 4.61. The molecule has 1 aromatic carbocycles. The predicted molar refractivity (Wildman–Crippen MR) is 109 cm³/mol. The summed E-state index contributed by atoms with van der Waals surface area (Å²) in [6.07, 6.45) is 5.52. The minimum atomic E-state index is -0.617. The highest BCUT2D eigenvalue weighted by molar-refractivity contribution is 7.17. The van der Waals surface area contributed by atoms with Gasteiger partial charge in [-0.05, 0) is 42.4 Å². The summed E-state index contributed by atoms with van der Waals surface area (Å²) in [5, 5.41) is 3.11. The molecule has 1 aromatic heterocycles. The molecule has 0 aliphatic heterocycles. The molecule has 0 fully saturated rings. The van der Waals surface area contributed by atoms with Crippen molar-refractivity contribution in [2.75, 3.05) is 11.9 Å². The Bertz CT molecular complexity index is 918. The zero-order chi connectivity index (χ0) is 20.1. The lowest BCUT2D eigenvalue weighted by Gasteiger charge is -2.18. The molecule has 1 heterocycles. The molecule has 1 aliphatic rings. The smallest absolute Gasteiger partial charge is 0.331 e. The maximum absolute atomic E-state index is 12.2. The molecular weight excluding hydrogens is 376 g/mol. The number of nitrogens with one attached hydrogen (secondary N) is 1. The Hall–Kier alpha value is -2.93. The number of esters is 1. The van der Waals surface area contributed by atoms with Crippen molar-refractivity contribution in [2.45, 2.75) is 26.2 Å². The van der Waals surface area contributed by atoms with Gasteiger partial charge in [-0.25, -0.2) is 4.79 Å². The maximum atomic E-state index is 12.2. The van der Waals surface area contributed by atoms with E-state index in [1.54, 1.807) is 6.08 Å². The number of carbonyl (C=O) groups is 3. The molecule has 1 atom stereocenters. The van der Waals surface area contributed by atoms with E-state index in [2.05, 4.69) is 12.2 Å². The van der Waals surface area contributed by atoms with Gasteiger partial charge in [-0.3, -0.25) is 9.59 Å². The normalized spacial score (nSPS) is 15.8. The lowest BCUT2D eigenvalue weighted by atomic mass is 9.88. The SMILES string of the molecule is C[C@H]1CCc2c(sc(NC(=O)COC(=O)/C=C/c3ccccc3)c2C(N)=O)C1. The average Bonchev–Trinajstić information content (AvgIpc) is 3.02. The van der Waals surface area contributed by atoms with Gasteiger partial charge in [-0.1, -0.05) is 37.3 Å². The third-order valence-corrected chi connectivity index (χ3v) is 5.74. The van der Waals surface area contributed by atoms with Crippen molar-refractivity contribution < 1.29 is 19.1 Å². The lowest BCUT2D eigenvalue weighted by Crippen LogP contribution is -2.22. The summed E-state index contributed by atoms with van der Waals surface area (Å²) in [7, 11) is 0. The van der Waals surface area contributed by atoms with E-state index >= 15 is 0 Å². The van der Waals surface area contributed by atoms with E-state index in [0.717, 1.165) is 35.3 Å². The van der Waals surface area contributed by atoms with Gasteiger partial charge in [0.2, 0.25) is 0 Å². The van der Waals surface area contributed by atoms with Crippen LogP contribution < -0.4 is 11.1 Å². The molecule has 2 aromatic rings. The third-order valence-electron chi connectivity index (χ3n) is 4.57. The predicted octanol–water partition coefficient (Wildman–Crippen LogP) is 3.17. The molecule has 0 spiro atoms. The average molecular weight is 398 g/mol. The van der Waals surface area contributed by atoms with Gasteiger partial charge in [-0.15, -0.1) is 11.3 Å². The fourth-order valence-electron chi connectivity index (χ4n) is 3.18. The Morgan fingerprint density at radius 1 is 1.29 bits per heavy atom. The Morgan fingerprint density at radius 3 is 2.75 bits per heavy atom. The van der Waals surface area contributed by atoms with Gasteiger partial charge in [0.25, 0.3) is 11.8 Å². The van der Waals surface area contributed by atoms with Crippen LogP contribution in [-0.4, -0.2) is 24.4 Å². The standard InChI is InChI=1S/C21H22N2O4S/c1-13-7-9-15-16(11-13)28-21(19(15)20(22)26)23-17(24)12-27-18(25)10-8-14-5-3-2-4-6-14/h2-6,8,10,13H,7,9,11-12H2,1H3,(H2,22,26)(H,23,24)/b10-8+/t13-/m0/s1. The highest BCUT2D eigenvalue weighted by atomic mass is 32.1. The van der Waals surface area contributed by atoms with E-state index in [-0.39, 0.29) is 0 Å². The number of anilines is 1. The maximum Gasteiger partial charge on any atom is 0.331 e. The Kier molecular flexibility index (Phi) is 6.26. The van der Waals surface area contributed by atoms with Gasteiger partial charge in [0.05, 0.1) is 5.56 Å². The van der Waals surface area contributed by atoms with Crippen molar-refractivity contribution >= 4 is 40.2 Å². The summed E-state index contributed by atoms with van der Waals surface area (Å²) in [4.78, 5) is 36.9. The first-order chi connectivity index (χ1) is 13.4. The summed E-state index contributed by atoms with van der Waals surface area (Å²) in [5.74, 6) is -1.14. The quantitative estimate of drug-likeness (QED) is 0.577. The summed E-state index contributed by atoms with van der Waals surface area (Å²) >= 11 is 1.38. The van der Waals surface area contributed by atoms with E-state index in [9.17, 15) is 14.4 Å². The Labute approximate surface area is 167 Å². The molecule has 146 valence electrons. The first kappa shape index (κ1) is 19.8. The number of nitrogens with two attached hydrogens (primary N) is 1. The van der Waals surface area contributed by atoms with Crippen LogP contribution in [0.1, 0.15) is 39.7 Å². The second kappa shape index (κ2) is 8.84. The van der Waals surface area contributed by atoms with Crippen LogP contribution in [0.15, 0.2) is 36.4 Å². The number of fused-ring (bicyclic) bond motifs is 1.